The zero-order valence-electron chi connectivity index (χ0n) is 11.4. The first-order chi connectivity index (χ1) is 9.54. The van der Waals surface area contributed by atoms with Crippen molar-refractivity contribution in [3.8, 4) is 0 Å². The summed E-state index contributed by atoms with van der Waals surface area (Å²) in [4.78, 5) is 16.1. The van der Waals surface area contributed by atoms with Crippen molar-refractivity contribution in [3.63, 3.8) is 0 Å². The van der Waals surface area contributed by atoms with E-state index in [-0.39, 0.29) is 17.6 Å². The summed E-state index contributed by atoms with van der Waals surface area (Å²) in [6, 6.07) is 9.45. The Morgan fingerprint density at radius 1 is 1.20 bits per heavy atom. The van der Waals surface area contributed by atoms with Gasteiger partial charge in [-0.2, -0.15) is 0 Å². The highest BCUT2D eigenvalue weighted by atomic mass is 19.1. The summed E-state index contributed by atoms with van der Waals surface area (Å²) in [5.74, 6) is -0.769. The fourth-order valence-electron chi connectivity index (χ4n) is 1.74. The predicted molar refractivity (Wildman–Crippen MR) is 77.3 cm³/mol. The number of nitrogens with one attached hydrogen (secondary N) is 2. The van der Waals surface area contributed by atoms with Crippen molar-refractivity contribution in [2.75, 3.05) is 10.6 Å². The van der Waals surface area contributed by atoms with E-state index in [1.54, 1.807) is 24.4 Å². The molecule has 4 nitrogen and oxygen atoms in total. The van der Waals surface area contributed by atoms with E-state index >= 15 is 0 Å². The Balaban J connectivity index is 2.13. The van der Waals surface area contributed by atoms with Crippen LogP contribution in [0.15, 0.2) is 42.6 Å². The van der Waals surface area contributed by atoms with E-state index in [4.69, 9.17) is 0 Å². The summed E-state index contributed by atoms with van der Waals surface area (Å²) in [6.07, 6.45) is 1.56. The van der Waals surface area contributed by atoms with Crippen LogP contribution in [0.25, 0.3) is 0 Å². The van der Waals surface area contributed by atoms with Gasteiger partial charge >= 0.3 is 0 Å². The van der Waals surface area contributed by atoms with Gasteiger partial charge in [-0.3, -0.25) is 9.78 Å². The first kappa shape index (κ1) is 14.0. The molecule has 104 valence electrons. The number of pyridine rings is 1. The molecule has 0 fully saturated rings. The first-order valence-corrected chi connectivity index (χ1v) is 6.34. The number of hydrogen-bond acceptors (Lipinski definition) is 3. The Kier molecular flexibility index (Phi) is 4.30. The zero-order chi connectivity index (χ0) is 14.5. The number of benzene rings is 1. The number of carbonyl (C=O) groups excluding carboxylic acids is 1. The maximum atomic E-state index is 13.1. The minimum Gasteiger partial charge on any atom is -0.383 e. The number of amides is 1. The Morgan fingerprint density at radius 3 is 2.70 bits per heavy atom. The van der Waals surface area contributed by atoms with Gasteiger partial charge in [-0.1, -0.05) is 6.07 Å². The van der Waals surface area contributed by atoms with Crippen LogP contribution in [-0.4, -0.2) is 16.9 Å². The maximum Gasteiger partial charge on any atom is 0.274 e. The molecule has 2 N–H and O–H groups in total. The number of rotatable bonds is 4. The molecule has 5 heteroatoms. The van der Waals surface area contributed by atoms with Crippen LogP contribution in [0.4, 0.5) is 15.8 Å². The molecule has 0 radical (unpaired) electrons. The van der Waals surface area contributed by atoms with E-state index in [2.05, 4.69) is 15.6 Å². The molecule has 0 aliphatic rings. The maximum absolute atomic E-state index is 13.1. The molecule has 0 unspecified atom stereocenters. The first-order valence-electron chi connectivity index (χ1n) is 6.34. The molecule has 0 aliphatic carbocycles. The third-order valence-electron chi connectivity index (χ3n) is 2.53. The average Bonchev–Trinajstić information content (AvgIpc) is 2.38. The van der Waals surface area contributed by atoms with Crippen LogP contribution < -0.4 is 10.6 Å². The fraction of sp³-hybridized carbons (Fsp3) is 0.200. The molecule has 20 heavy (non-hydrogen) atoms. The van der Waals surface area contributed by atoms with Crippen molar-refractivity contribution < 1.29 is 9.18 Å². The Bertz CT molecular complexity index is 614. The third kappa shape index (κ3) is 3.78. The van der Waals surface area contributed by atoms with Gasteiger partial charge in [-0.15, -0.1) is 0 Å². The second-order valence-corrected chi connectivity index (χ2v) is 4.69. The molecule has 2 rings (SSSR count). The van der Waals surface area contributed by atoms with Gasteiger partial charge < -0.3 is 10.6 Å². The highest BCUT2D eigenvalue weighted by Gasteiger charge is 2.09. The molecular formula is C15H16FN3O. The summed E-state index contributed by atoms with van der Waals surface area (Å²) in [6.45, 7) is 4.01. The molecule has 1 aromatic carbocycles. The lowest BCUT2D eigenvalue weighted by molar-refractivity contribution is 0.102. The van der Waals surface area contributed by atoms with Crippen LogP contribution in [0.2, 0.25) is 0 Å². The molecule has 0 saturated carbocycles. The van der Waals surface area contributed by atoms with Gasteiger partial charge in [0.05, 0.1) is 0 Å². The molecule has 2 aromatic rings. The summed E-state index contributed by atoms with van der Waals surface area (Å²) in [5, 5.41) is 5.80. The predicted octanol–water partition coefficient (Wildman–Crippen LogP) is 3.29. The Labute approximate surface area is 117 Å². The summed E-state index contributed by atoms with van der Waals surface area (Å²) >= 11 is 0. The Hall–Kier alpha value is -2.43. The van der Waals surface area contributed by atoms with E-state index in [0.29, 0.717) is 5.69 Å². The van der Waals surface area contributed by atoms with Crippen molar-refractivity contribution >= 4 is 17.3 Å². The molecule has 0 aliphatic heterocycles. The van der Waals surface area contributed by atoms with Gasteiger partial charge in [-0.25, -0.2) is 4.39 Å². The number of carbonyl (C=O) groups is 1. The van der Waals surface area contributed by atoms with Crippen molar-refractivity contribution in [2.45, 2.75) is 19.9 Å². The third-order valence-corrected chi connectivity index (χ3v) is 2.53. The normalized spacial score (nSPS) is 10.4. The van der Waals surface area contributed by atoms with Crippen LogP contribution >= 0.6 is 0 Å². The molecule has 1 heterocycles. The van der Waals surface area contributed by atoms with Crippen LogP contribution in [-0.2, 0) is 0 Å². The van der Waals surface area contributed by atoms with Gasteiger partial charge in [0.25, 0.3) is 5.91 Å². The topological polar surface area (TPSA) is 54.0 Å². The average molecular weight is 273 g/mol. The molecule has 1 amide bonds. The van der Waals surface area contributed by atoms with Crippen LogP contribution in [0.3, 0.4) is 0 Å². The lowest BCUT2D eigenvalue weighted by Gasteiger charge is -2.11. The van der Waals surface area contributed by atoms with Crippen molar-refractivity contribution in [1.29, 1.82) is 0 Å². The van der Waals surface area contributed by atoms with E-state index in [0.717, 1.165) is 5.69 Å². The minimum absolute atomic E-state index is 0.261. The van der Waals surface area contributed by atoms with Gasteiger partial charge in [-0.05, 0) is 44.2 Å². The molecule has 0 saturated heterocycles. The Morgan fingerprint density at radius 2 is 2.00 bits per heavy atom. The van der Waals surface area contributed by atoms with E-state index in [1.165, 1.54) is 18.2 Å². The van der Waals surface area contributed by atoms with Gasteiger partial charge in [0.15, 0.2) is 0 Å². The van der Waals surface area contributed by atoms with Crippen molar-refractivity contribution in [1.82, 2.24) is 4.98 Å². The highest BCUT2D eigenvalue weighted by Crippen LogP contribution is 2.13. The summed E-state index contributed by atoms with van der Waals surface area (Å²) in [5.41, 5.74) is 1.50. The molecule has 0 spiro atoms. The smallest absolute Gasteiger partial charge is 0.274 e. The summed E-state index contributed by atoms with van der Waals surface area (Å²) < 4.78 is 13.1. The lowest BCUT2D eigenvalue weighted by Crippen LogP contribution is -2.15. The number of nitrogens with zero attached hydrogens (tertiary/aromatic N) is 1. The van der Waals surface area contributed by atoms with Gasteiger partial charge in [0.1, 0.15) is 11.5 Å². The molecule has 0 bridgehead atoms. The van der Waals surface area contributed by atoms with Crippen LogP contribution in [0.1, 0.15) is 24.3 Å². The number of aromatic nitrogens is 1. The van der Waals surface area contributed by atoms with Crippen molar-refractivity contribution in [3.05, 3.63) is 54.1 Å². The number of hydrogen-bond donors (Lipinski definition) is 2. The molecule has 0 atom stereocenters. The highest BCUT2D eigenvalue weighted by molar-refractivity contribution is 6.03. The monoisotopic (exact) mass is 273 g/mol. The number of anilines is 2. The summed E-state index contributed by atoms with van der Waals surface area (Å²) in [7, 11) is 0. The lowest BCUT2D eigenvalue weighted by atomic mass is 10.2. The second kappa shape index (κ2) is 6.14. The standard InChI is InChI=1S/C15H16FN3O/c1-10(2)18-13-6-7-17-14(9-13)15(20)19-12-5-3-4-11(16)8-12/h3-10H,1-2H3,(H,17,18)(H,19,20). The van der Waals surface area contributed by atoms with Crippen LogP contribution in [0.5, 0.6) is 0 Å². The van der Waals surface area contributed by atoms with Crippen LogP contribution in [0, 0.1) is 5.82 Å². The number of halogens is 1. The fourth-order valence-corrected chi connectivity index (χ4v) is 1.74. The van der Waals surface area contributed by atoms with E-state index in [1.807, 2.05) is 13.8 Å². The molecule has 1 aromatic heterocycles. The van der Waals surface area contributed by atoms with Gasteiger partial charge in [0, 0.05) is 23.6 Å². The van der Waals surface area contributed by atoms with Gasteiger partial charge in [0.2, 0.25) is 0 Å². The largest absolute Gasteiger partial charge is 0.383 e. The SMILES string of the molecule is CC(C)Nc1ccnc(C(=O)Nc2cccc(F)c2)c1. The van der Waals surface area contributed by atoms with E-state index < -0.39 is 5.82 Å². The van der Waals surface area contributed by atoms with E-state index in [9.17, 15) is 9.18 Å². The zero-order valence-corrected chi connectivity index (χ0v) is 11.4. The molecular weight excluding hydrogens is 257 g/mol. The quantitative estimate of drug-likeness (QED) is 0.898. The van der Waals surface area contributed by atoms with Crippen molar-refractivity contribution in [2.24, 2.45) is 0 Å². The second-order valence-electron chi connectivity index (χ2n) is 4.69. The minimum atomic E-state index is -0.397.